The number of piperazine rings is 1. The summed E-state index contributed by atoms with van der Waals surface area (Å²) >= 11 is 0. The normalized spacial score (nSPS) is 40.8. The van der Waals surface area contributed by atoms with Crippen molar-refractivity contribution < 1.29 is 4.74 Å². The zero-order valence-corrected chi connectivity index (χ0v) is 13.7. The van der Waals surface area contributed by atoms with Crippen LogP contribution >= 0.6 is 0 Å². The molecule has 0 aromatic carbocycles. The van der Waals surface area contributed by atoms with Gasteiger partial charge < -0.3 is 10.1 Å². The minimum absolute atomic E-state index is 0.343. The van der Waals surface area contributed by atoms with Crippen molar-refractivity contribution in [3.8, 4) is 0 Å². The number of ether oxygens (including phenoxy) is 1. The molecule has 2 saturated carbocycles. The Morgan fingerprint density at radius 3 is 2.40 bits per heavy atom. The van der Waals surface area contributed by atoms with Crippen molar-refractivity contribution in [1.82, 2.24) is 10.2 Å². The third-order valence-electron chi connectivity index (χ3n) is 6.21. The Bertz CT molecular complexity index is 353. The molecule has 116 valence electrons. The summed E-state index contributed by atoms with van der Waals surface area (Å²) < 4.78 is 5.32. The average Bonchev–Trinajstić information content (AvgIpc) is 3.30. The van der Waals surface area contributed by atoms with Crippen LogP contribution in [-0.4, -0.2) is 48.8 Å². The van der Waals surface area contributed by atoms with Gasteiger partial charge in [0.2, 0.25) is 0 Å². The van der Waals surface area contributed by atoms with E-state index in [1.807, 2.05) is 7.11 Å². The topological polar surface area (TPSA) is 24.5 Å². The van der Waals surface area contributed by atoms with Gasteiger partial charge in [-0.2, -0.15) is 0 Å². The van der Waals surface area contributed by atoms with Gasteiger partial charge in [-0.15, -0.1) is 0 Å². The Morgan fingerprint density at radius 2 is 1.85 bits per heavy atom. The predicted octanol–water partition coefficient (Wildman–Crippen LogP) is 2.65. The standard InChI is InChI=1S/C17H32N2O/c1-13(9-10-20-4)19-12-16(2,14-5-6-14)18-11-17(19,3)15-7-8-15/h13-15,18H,5-12H2,1-4H3. The van der Waals surface area contributed by atoms with Crippen LogP contribution in [0.3, 0.4) is 0 Å². The third-order valence-corrected chi connectivity index (χ3v) is 6.21. The van der Waals surface area contributed by atoms with Gasteiger partial charge in [-0.25, -0.2) is 0 Å². The van der Waals surface area contributed by atoms with Crippen LogP contribution in [0.25, 0.3) is 0 Å². The molecular weight excluding hydrogens is 248 g/mol. The van der Waals surface area contributed by atoms with E-state index in [0.717, 1.165) is 24.9 Å². The number of rotatable bonds is 6. The Hall–Kier alpha value is -0.120. The highest BCUT2D eigenvalue weighted by Gasteiger charge is 2.54. The molecule has 0 aromatic rings. The van der Waals surface area contributed by atoms with Crippen LogP contribution in [0.5, 0.6) is 0 Å². The molecule has 3 nitrogen and oxygen atoms in total. The minimum Gasteiger partial charge on any atom is -0.385 e. The van der Waals surface area contributed by atoms with E-state index in [2.05, 4.69) is 31.0 Å². The second-order valence-corrected chi connectivity index (χ2v) is 7.94. The number of hydrogen-bond donors (Lipinski definition) is 1. The first kappa shape index (κ1) is 14.8. The van der Waals surface area contributed by atoms with E-state index in [1.54, 1.807) is 0 Å². The molecule has 3 unspecified atom stereocenters. The highest BCUT2D eigenvalue weighted by molar-refractivity contribution is 5.12. The third kappa shape index (κ3) is 2.65. The van der Waals surface area contributed by atoms with Gasteiger partial charge in [0, 0.05) is 43.9 Å². The molecule has 1 N–H and O–H groups in total. The first-order valence-electron chi connectivity index (χ1n) is 8.50. The lowest BCUT2D eigenvalue weighted by Gasteiger charge is -2.55. The first-order chi connectivity index (χ1) is 9.49. The van der Waals surface area contributed by atoms with Crippen molar-refractivity contribution in [2.45, 2.75) is 70.0 Å². The lowest BCUT2D eigenvalue weighted by molar-refractivity contribution is -0.0340. The maximum atomic E-state index is 5.32. The zero-order chi connectivity index (χ0) is 14.4. The largest absolute Gasteiger partial charge is 0.385 e. The minimum atomic E-state index is 0.343. The average molecular weight is 280 g/mol. The van der Waals surface area contributed by atoms with Crippen molar-refractivity contribution in [1.29, 1.82) is 0 Å². The summed E-state index contributed by atoms with van der Waals surface area (Å²) in [6, 6.07) is 0.626. The molecule has 3 heteroatoms. The van der Waals surface area contributed by atoms with Crippen molar-refractivity contribution in [3.63, 3.8) is 0 Å². The molecule has 2 aliphatic carbocycles. The van der Waals surface area contributed by atoms with Crippen molar-refractivity contribution in [2.24, 2.45) is 11.8 Å². The van der Waals surface area contributed by atoms with Gasteiger partial charge in [-0.1, -0.05) is 0 Å². The lowest BCUT2D eigenvalue weighted by Crippen LogP contribution is -2.71. The summed E-state index contributed by atoms with van der Waals surface area (Å²) in [5, 5.41) is 3.94. The summed E-state index contributed by atoms with van der Waals surface area (Å²) in [5.74, 6) is 1.81. The van der Waals surface area contributed by atoms with Gasteiger partial charge in [0.15, 0.2) is 0 Å². The maximum absolute atomic E-state index is 5.32. The highest BCUT2D eigenvalue weighted by Crippen LogP contribution is 2.49. The number of nitrogens with zero attached hydrogens (tertiary/aromatic N) is 1. The van der Waals surface area contributed by atoms with Gasteiger partial charge in [0.25, 0.3) is 0 Å². The second kappa shape index (κ2) is 5.26. The van der Waals surface area contributed by atoms with Gasteiger partial charge >= 0.3 is 0 Å². The van der Waals surface area contributed by atoms with Gasteiger partial charge in [-0.3, -0.25) is 4.90 Å². The molecule has 1 heterocycles. The van der Waals surface area contributed by atoms with Gasteiger partial charge in [0.05, 0.1) is 0 Å². The van der Waals surface area contributed by atoms with Crippen LogP contribution in [0.2, 0.25) is 0 Å². The molecular formula is C17H32N2O. The molecule has 3 fully saturated rings. The SMILES string of the molecule is COCCC(C)N1CC(C)(C2CC2)NCC1(C)C1CC1. The van der Waals surface area contributed by atoms with Crippen molar-refractivity contribution >= 4 is 0 Å². The van der Waals surface area contributed by atoms with Crippen LogP contribution in [-0.2, 0) is 4.74 Å². The predicted molar refractivity (Wildman–Crippen MR) is 82.9 cm³/mol. The lowest BCUT2D eigenvalue weighted by atomic mass is 9.81. The summed E-state index contributed by atoms with van der Waals surface area (Å²) in [6.45, 7) is 10.6. The quantitative estimate of drug-likeness (QED) is 0.809. The highest BCUT2D eigenvalue weighted by atomic mass is 16.5. The van der Waals surface area contributed by atoms with Gasteiger partial charge in [0.1, 0.15) is 0 Å². The van der Waals surface area contributed by atoms with E-state index in [1.165, 1.54) is 38.8 Å². The molecule has 0 amide bonds. The van der Waals surface area contributed by atoms with E-state index in [9.17, 15) is 0 Å². The van der Waals surface area contributed by atoms with E-state index >= 15 is 0 Å². The molecule has 3 rings (SSSR count). The van der Waals surface area contributed by atoms with Crippen LogP contribution in [0.4, 0.5) is 0 Å². The fourth-order valence-electron chi connectivity index (χ4n) is 4.25. The van der Waals surface area contributed by atoms with Crippen LogP contribution in [0.1, 0.15) is 52.9 Å². The molecule has 0 bridgehead atoms. The summed E-state index contributed by atoms with van der Waals surface area (Å²) in [4.78, 5) is 2.83. The molecule has 3 aliphatic rings. The maximum Gasteiger partial charge on any atom is 0.0477 e. The molecule has 1 saturated heterocycles. The first-order valence-corrected chi connectivity index (χ1v) is 8.50. The van der Waals surface area contributed by atoms with Crippen LogP contribution in [0, 0.1) is 11.8 Å². The Balaban J connectivity index is 1.74. The molecule has 20 heavy (non-hydrogen) atoms. The second-order valence-electron chi connectivity index (χ2n) is 7.94. The number of nitrogens with one attached hydrogen (secondary N) is 1. The van der Waals surface area contributed by atoms with Gasteiger partial charge in [-0.05, 0) is 64.7 Å². The Labute approximate surface area is 124 Å². The monoisotopic (exact) mass is 280 g/mol. The van der Waals surface area contributed by atoms with Crippen molar-refractivity contribution in [2.75, 3.05) is 26.8 Å². The fraction of sp³-hybridized carbons (Fsp3) is 1.00. The molecule has 3 atom stereocenters. The number of hydrogen-bond acceptors (Lipinski definition) is 3. The zero-order valence-electron chi connectivity index (χ0n) is 13.7. The molecule has 0 spiro atoms. The van der Waals surface area contributed by atoms with Crippen LogP contribution in [0.15, 0.2) is 0 Å². The Morgan fingerprint density at radius 1 is 1.20 bits per heavy atom. The van der Waals surface area contributed by atoms with E-state index < -0.39 is 0 Å². The molecule has 0 aromatic heterocycles. The Kier molecular flexibility index (Phi) is 3.89. The fourth-order valence-corrected chi connectivity index (χ4v) is 4.25. The van der Waals surface area contributed by atoms with Crippen molar-refractivity contribution in [3.05, 3.63) is 0 Å². The van der Waals surface area contributed by atoms with E-state index in [-0.39, 0.29) is 0 Å². The van der Waals surface area contributed by atoms with E-state index in [0.29, 0.717) is 17.1 Å². The summed E-state index contributed by atoms with van der Waals surface area (Å²) in [6.07, 6.45) is 6.84. The molecule has 1 aliphatic heterocycles. The summed E-state index contributed by atoms with van der Waals surface area (Å²) in [5.41, 5.74) is 0.706. The molecule has 0 radical (unpaired) electrons. The van der Waals surface area contributed by atoms with Crippen LogP contribution < -0.4 is 5.32 Å². The smallest absolute Gasteiger partial charge is 0.0477 e. The summed E-state index contributed by atoms with van der Waals surface area (Å²) in [7, 11) is 1.82. The number of methoxy groups -OCH3 is 1. The van der Waals surface area contributed by atoms with E-state index in [4.69, 9.17) is 4.74 Å².